The molecule has 2 aliphatic rings. The minimum absolute atomic E-state index is 0. The summed E-state index contributed by atoms with van der Waals surface area (Å²) in [5.74, 6) is -1.15. The van der Waals surface area contributed by atoms with Gasteiger partial charge in [-0.25, -0.2) is 0 Å². The lowest BCUT2D eigenvalue weighted by atomic mass is 9.88. The monoisotopic (exact) mass is 235 g/mol. The molecule has 0 aromatic carbocycles. The Bertz CT molecular complexity index is 296. The molecule has 0 spiro atoms. The average Bonchev–Trinajstić information content (AvgIpc) is 2.74. The fraction of sp³-hybridized carbons (Fsp3) is 0.778. The van der Waals surface area contributed by atoms with Gasteiger partial charge in [0.05, 0.1) is 12.5 Å². The molecule has 15 heavy (non-hydrogen) atoms. The Balaban J connectivity index is 0.00000112. The lowest BCUT2D eigenvalue weighted by Crippen LogP contribution is -2.48. The van der Waals surface area contributed by atoms with Gasteiger partial charge in [-0.05, 0) is 19.3 Å². The minimum Gasteiger partial charge on any atom is -0.481 e. The van der Waals surface area contributed by atoms with Gasteiger partial charge < -0.3 is 15.2 Å². The number of nitrogens with one attached hydrogen (secondary N) is 1. The predicted octanol–water partition coefficient (Wildman–Crippen LogP) is 0.178. The van der Waals surface area contributed by atoms with Crippen molar-refractivity contribution in [1.29, 1.82) is 0 Å². The molecule has 0 radical (unpaired) electrons. The van der Waals surface area contributed by atoms with Crippen LogP contribution in [0.15, 0.2) is 0 Å². The largest absolute Gasteiger partial charge is 0.481 e. The number of rotatable bonds is 2. The molecule has 2 fully saturated rings. The smallest absolute Gasteiger partial charge is 0.326 e. The summed E-state index contributed by atoms with van der Waals surface area (Å²) in [7, 11) is 1.33. The highest BCUT2D eigenvalue weighted by Crippen LogP contribution is 2.49. The fourth-order valence-electron chi connectivity index (χ4n) is 2.55. The molecule has 1 aliphatic carbocycles. The van der Waals surface area contributed by atoms with Gasteiger partial charge in [0.25, 0.3) is 0 Å². The van der Waals surface area contributed by atoms with Gasteiger partial charge in [-0.2, -0.15) is 0 Å². The lowest BCUT2D eigenvalue weighted by Gasteiger charge is -2.25. The van der Waals surface area contributed by atoms with Crippen molar-refractivity contribution in [2.75, 3.05) is 13.7 Å². The lowest BCUT2D eigenvalue weighted by molar-refractivity contribution is -0.147. The van der Waals surface area contributed by atoms with Crippen molar-refractivity contribution in [3.63, 3.8) is 0 Å². The van der Waals surface area contributed by atoms with E-state index in [0.29, 0.717) is 25.8 Å². The summed E-state index contributed by atoms with van der Waals surface area (Å²) in [4.78, 5) is 22.5. The molecule has 1 aliphatic heterocycles. The summed E-state index contributed by atoms with van der Waals surface area (Å²) in [5.41, 5.74) is -1.47. The molecule has 0 amide bonds. The van der Waals surface area contributed by atoms with Gasteiger partial charge in [-0.3, -0.25) is 9.59 Å². The number of halogens is 1. The third-order valence-electron chi connectivity index (χ3n) is 3.47. The van der Waals surface area contributed by atoms with Crippen LogP contribution in [-0.2, 0) is 14.3 Å². The summed E-state index contributed by atoms with van der Waals surface area (Å²) >= 11 is 0. The maximum absolute atomic E-state index is 11.5. The van der Waals surface area contributed by atoms with Crippen molar-refractivity contribution in [2.45, 2.75) is 24.8 Å². The van der Waals surface area contributed by atoms with Crippen LogP contribution in [0.4, 0.5) is 0 Å². The van der Waals surface area contributed by atoms with Crippen LogP contribution < -0.4 is 5.32 Å². The molecule has 1 heterocycles. The number of carboxylic acids is 1. The topological polar surface area (TPSA) is 75.6 Å². The van der Waals surface area contributed by atoms with E-state index in [2.05, 4.69) is 10.1 Å². The highest BCUT2D eigenvalue weighted by molar-refractivity contribution is 5.86. The third kappa shape index (κ3) is 1.50. The Labute approximate surface area is 93.6 Å². The second-order valence-corrected chi connectivity index (χ2v) is 4.19. The summed E-state index contributed by atoms with van der Waals surface area (Å²) in [6, 6.07) is 0. The Morgan fingerprint density at radius 1 is 1.40 bits per heavy atom. The number of carbonyl (C=O) groups is 2. The van der Waals surface area contributed by atoms with Crippen molar-refractivity contribution in [1.82, 2.24) is 5.32 Å². The molecular weight excluding hydrogens is 222 g/mol. The number of hydrogen-bond donors (Lipinski definition) is 2. The van der Waals surface area contributed by atoms with Crippen LogP contribution in [0.25, 0.3) is 0 Å². The van der Waals surface area contributed by atoms with Crippen molar-refractivity contribution >= 4 is 24.3 Å². The number of aliphatic carboxylic acids is 1. The fourth-order valence-corrected chi connectivity index (χ4v) is 2.55. The molecular formula is C9H14ClNO4. The summed E-state index contributed by atoms with van der Waals surface area (Å²) in [5, 5.41) is 12.1. The molecule has 86 valence electrons. The molecule has 2 unspecified atom stereocenters. The van der Waals surface area contributed by atoms with E-state index >= 15 is 0 Å². The molecule has 1 saturated heterocycles. The standard InChI is InChI=1S/C9H13NO4.ClH/c1-14-7(13)9-3-2-8(4-9,5-10-9)6(11)12;/h10H,2-5H2,1H3,(H,11,12);1H. The van der Waals surface area contributed by atoms with E-state index in [1.54, 1.807) is 0 Å². The number of ether oxygens (including phenoxy) is 1. The second kappa shape index (κ2) is 3.64. The van der Waals surface area contributed by atoms with Gasteiger partial charge in [-0.15, -0.1) is 12.4 Å². The first-order chi connectivity index (χ1) is 6.55. The van der Waals surface area contributed by atoms with Gasteiger partial charge in [0.2, 0.25) is 0 Å². The Hall–Kier alpha value is -0.810. The first-order valence-corrected chi connectivity index (χ1v) is 4.62. The van der Waals surface area contributed by atoms with Crippen LogP contribution in [0, 0.1) is 5.41 Å². The number of carbonyl (C=O) groups excluding carboxylic acids is 1. The molecule has 1 saturated carbocycles. The average molecular weight is 236 g/mol. The summed E-state index contributed by atoms with van der Waals surface area (Å²) < 4.78 is 4.69. The van der Waals surface area contributed by atoms with Crippen molar-refractivity contribution in [2.24, 2.45) is 5.41 Å². The third-order valence-corrected chi connectivity index (χ3v) is 3.47. The minimum atomic E-state index is -0.812. The molecule has 2 bridgehead atoms. The molecule has 6 heteroatoms. The SMILES string of the molecule is COC(=O)C12CCC(C(=O)O)(CN1)C2.Cl. The number of piperidine rings is 1. The van der Waals surface area contributed by atoms with Crippen LogP contribution in [0.3, 0.4) is 0 Å². The van der Waals surface area contributed by atoms with Crippen LogP contribution in [0.1, 0.15) is 19.3 Å². The van der Waals surface area contributed by atoms with E-state index in [1.807, 2.05) is 0 Å². The quantitative estimate of drug-likeness (QED) is 0.668. The zero-order chi connectivity index (χ0) is 10.4. The van der Waals surface area contributed by atoms with E-state index in [9.17, 15) is 9.59 Å². The van der Waals surface area contributed by atoms with Crippen LogP contribution in [0.5, 0.6) is 0 Å². The maximum atomic E-state index is 11.5. The number of methoxy groups -OCH3 is 1. The Morgan fingerprint density at radius 2 is 2.07 bits per heavy atom. The highest BCUT2D eigenvalue weighted by Gasteiger charge is 2.62. The number of esters is 1. The summed E-state index contributed by atoms with van der Waals surface area (Å²) in [6.07, 6.45) is 1.48. The molecule has 0 aromatic heterocycles. The van der Waals surface area contributed by atoms with E-state index in [4.69, 9.17) is 5.11 Å². The van der Waals surface area contributed by atoms with Gasteiger partial charge in [0, 0.05) is 6.54 Å². The molecule has 2 rings (SSSR count). The normalized spacial score (nSPS) is 37.1. The zero-order valence-corrected chi connectivity index (χ0v) is 9.23. The highest BCUT2D eigenvalue weighted by atomic mass is 35.5. The number of carboxylic acid groups (broad SMARTS) is 1. The van der Waals surface area contributed by atoms with E-state index in [1.165, 1.54) is 7.11 Å². The van der Waals surface area contributed by atoms with Crippen molar-refractivity contribution in [3.05, 3.63) is 0 Å². The second-order valence-electron chi connectivity index (χ2n) is 4.19. The van der Waals surface area contributed by atoms with Gasteiger partial charge >= 0.3 is 11.9 Å². The van der Waals surface area contributed by atoms with Gasteiger partial charge in [-0.1, -0.05) is 0 Å². The van der Waals surface area contributed by atoms with E-state index in [0.717, 1.165) is 0 Å². The van der Waals surface area contributed by atoms with Crippen LogP contribution in [0.2, 0.25) is 0 Å². The van der Waals surface area contributed by atoms with Crippen LogP contribution >= 0.6 is 12.4 Å². The Kier molecular flexibility index (Phi) is 2.98. The first kappa shape index (κ1) is 12.3. The van der Waals surface area contributed by atoms with E-state index in [-0.39, 0.29) is 18.4 Å². The number of fused-ring (bicyclic) bond motifs is 2. The number of hydrogen-bond acceptors (Lipinski definition) is 4. The first-order valence-electron chi connectivity index (χ1n) is 4.62. The van der Waals surface area contributed by atoms with Crippen molar-refractivity contribution in [3.8, 4) is 0 Å². The zero-order valence-electron chi connectivity index (χ0n) is 8.41. The van der Waals surface area contributed by atoms with Gasteiger partial charge in [0.1, 0.15) is 5.54 Å². The molecule has 5 nitrogen and oxygen atoms in total. The predicted molar refractivity (Wildman–Crippen MR) is 53.9 cm³/mol. The van der Waals surface area contributed by atoms with E-state index < -0.39 is 16.9 Å². The maximum Gasteiger partial charge on any atom is 0.326 e. The Morgan fingerprint density at radius 3 is 2.40 bits per heavy atom. The van der Waals surface area contributed by atoms with Gasteiger partial charge in [0.15, 0.2) is 0 Å². The summed E-state index contributed by atoms with van der Waals surface area (Å²) in [6.45, 7) is 0.372. The molecule has 2 atom stereocenters. The molecule has 2 N–H and O–H groups in total. The van der Waals surface area contributed by atoms with Crippen LogP contribution in [-0.4, -0.2) is 36.2 Å². The van der Waals surface area contributed by atoms with Crippen molar-refractivity contribution < 1.29 is 19.4 Å². The molecule has 0 aromatic rings.